The number of hydrogen-bond acceptors (Lipinski definition) is 5. The van der Waals surface area contributed by atoms with Crippen LogP contribution in [0.4, 0.5) is 9.18 Å². The second kappa shape index (κ2) is 9.79. The first-order valence-corrected chi connectivity index (χ1v) is 10.4. The van der Waals surface area contributed by atoms with Crippen LogP contribution in [0.5, 0.6) is 0 Å². The number of aliphatic carboxylic acids is 1. The number of carboxylic acids is 1. The van der Waals surface area contributed by atoms with Gasteiger partial charge in [0.15, 0.2) is 6.04 Å². The SMILES string of the molecule is CN(C(=O)OCC1c2ccccc2-c2ccccc21)C(COCc1cncc(F)c1)C(=O)O. The molecule has 0 radical (unpaired) electrons. The lowest BCUT2D eigenvalue weighted by Gasteiger charge is -2.25. The van der Waals surface area contributed by atoms with Crippen LogP contribution in [0.15, 0.2) is 67.0 Å². The zero-order valence-corrected chi connectivity index (χ0v) is 18.0. The van der Waals surface area contributed by atoms with E-state index in [0.717, 1.165) is 33.4 Å². The molecule has 1 amide bonds. The summed E-state index contributed by atoms with van der Waals surface area (Å²) in [4.78, 5) is 29.1. The number of carboxylic acid groups (broad SMARTS) is 1. The molecule has 1 unspecified atom stereocenters. The van der Waals surface area contributed by atoms with Crippen molar-refractivity contribution in [1.82, 2.24) is 9.88 Å². The molecule has 3 aromatic rings. The first-order valence-electron chi connectivity index (χ1n) is 10.4. The van der Waals surface area contributed by atoms with Gasteiger partial charge < -0.3 is 14.6 Å². The van der Waals surface area contributed by atoms with Crippen LogP contribution in [-0.4, -0.2) is 53.4 Å². The third-order valence-electron chi connectivity index (χ3n) is 5.68. The predicted molar refractivity (Wildman–Crippen MR) is 118 cm³/mol. The van der Waals surface area contributed by atoms with E-state index < -0.39 is 23.9 Å². The van der Waals surface area contributed by atoms with Crippen LogP contribution in [0.1, 0.15) is 22.6 Å². The van der Waals surface area contributed by atoms with E-state index >= 15 is 0 Å². The second-order valence-corrected chi connectivity index (χ2v) is 7.80. The summed E-state index contributed by atoms with van der Waals surface area (Å²) in [5, 5.41) is 9.57. The molecule has 170 valence electrons. The molecule has 0 fully saturated rings. The molecule has 1 aromatic heterocycles. The Balaban J connectivity index is 1.38. The molecule has 0 spiro atoms. The zero-order valence-electron chi connectivity index (χ0n) is 18.0. The highest BCUT2D eigenvalue weighted by atomic mass is 19.1. The summed E-state index contributed by atoms with van der Waals surface area (Å²) in [6.07, 6.45) is 1.73. The smallest absolute Gasteiger partial charge is 0.410 e. The van der Waals surface area contributed by atoms with Gasteiger partial charge in [0.25, 0.3) is 0 Å². The van der Waals surface area contributed by atoms with Crippen molar-refractivity contribution in [2.75, 3.05) is 20.3 Å². The summed E-state index contributed by atoms with van der Waals surface area (Å²) >= 11 is 0. The Bertz CT molecular complexity index is 1120. The van der Waals surface area contributed by atoms with Crippen molar-refractivity contribution in [2.24, 2.45) is 0 Å². The third-order valence-corrected chi connectivity index (χ3v) is 5.68. The van der Waals surface area contributed by atoms with Gasteiger partial charge in [0.2, 0.25) is 0 Å². The monoisotopic (exact) mass is 450 g/mol. The number of hydrogen-bond donors (Lipinski definition) is 1. The summed E-state index contributed by atoms with van der Waals surface area (Å²) < 4.78 is 24.2. The molecular weight excluding hydrogens is 427 g/mol. The van der Waals surface area contributed by atoms with E-state index in [2.05, 4.69) is 4.98 Å². The van der Waals surface area contributed by atoms with Gasteiger partial charge in [-0.25, -0.2) is 14.0 Å². The van der Waals surface area contributed by atoms with Crippen LogP contribution in [0.2, 0.25) is 0 Å². The molecule has 0 bridgehead atoms. The normalized spacial score (nSPS) is 13.2. The van der Waals surface area contributed by atoms with Gasteiger partial charge in [0, 0.05) is 19.2 Å². The number of rotatable bonds is 8. The summed E-state index contributed by atoms with van der Waals surface area (Å²) in [7, 11) is 1.35. The van der Waals surface area contributed by atoms with E-state index in [1.54, 1.807) is 0 Å². The van der Waals surface area contributed by atoms with Gasteiger partial charge in [0.05, 0.1) is 19.4 Å². The Morgan fingerprint density at radius 1 is 1.09 bits per heavy atom. The highest BCUT2D eigenvalue weighted by Gasteiger charge is 2.32. The number of ether oxygens (including phenoxy) is 2. The van der Waals surface area contributed by atoms with E-state index in [4.69, 9.17) is 9.47 Å². The standard InChI is InChI=1S/C25H23FN2O5/c1-28(23(24(29)30)15-32-13-16-10-17(26)12-27-11-16)25(31)33-14-22-20-8-4-2-6-18(20)19-7-3-5-9-21(19)22/h2-12,22-23H,13-15H2,1H3,(H,29,30). The van der Waals surface area contributed by atoms with Crippen LogP contribution in [0.3, 0.4) is 0 Å². The van der Waals surface area contributed by atoms with Crippen molar-refractivity contribution < 1.29 is 28.6 Å². The lowest BCUT2D eigenvalue weighted by molar-refractivity contribution is -0.144. The lowest BCUT2D eigenvalue weighted by Crippen LogP contribution is -2.45. The van der Waals surface area contributed by atoms with Crippen LogP contribution in [0, 0.1) is 5.82 Å². The van der Waals surface area contributed by atoms with E-state index in [0.29, 0.717) is 5.56 Å². The van der Waals surface area contributed by atoms with E-state index in [1.807, 2.05) is 48.5 Å². The van der Waals surface area contributed by atoms with E-state index in [9.17, 15) is 19.1 Å². The summed E-state index contributed by atoms with van der Waals surface area (Å²) in [5.41, 5.74) is 4.80. The number of aromatic nitrogens is 1. The van der Waals surface area contributed by atoms with Crippen molar-refractivity contribution in [3.05, 3.63) is 89.5 Å². The summed E-state index contributed by atoms with van der Waals surface area (Å²) in [6.45, 7) is -0.237. The average molecular weight is 450 g/mol. The number of pyridine rings is 1. The molecule has 2 aromatic carbocycles. The van der Waals surface area contributed by atoms with Gasteiger partial charge in [0.1, 0.15) is 12.4 Å². The minimum absolute atomic E-state index is 0.0347. The number of halogens is 1. The largest absolute Gasteiger partial charge is 0.480 e. The van der Waals surface area contributed by atoms with Crippen molar-refractivity contribution >= 4 is 12.1 Å². The Labute approximate surface area is 190 Å². The number of likely N-dealkylation sites (N-methyl/N-ethyl adjacent to an activating group) is 1. The molecule has 1 N–H and O–H groups in total. The lowest BCUT2D eigenvalue weighted by atomic mass is 9.98. The zero-order chi connectivity index (χ0) is 23.4. The Morgan fingerprint density at radius 3 is 2.33 bits per heavy atom. The van der Waals surface area contributed by atoms with Gasteiger partial charge >= 0.3 is 12.1 Å². The molecule has 0 saturated carbocycles. The minimum Gasteiger partial charge on any atom is -0.480 e. The van der Waals surface area contributed by atoms with Gasteiger partial charge in [-0.3, -0.25) is 9.88 Å². The fraction of sp³-hybridized carbons (Fsp3) is 0.240. The highest BCUT2D eigenvalue weighted by molar-refractivity contribution is 5.81. The first-order chi connectivity index (χ1) is 16.0. The van der Waals surface area contributed by atoms with E-state index in [1.165, 1.54) is 19.3 Å². The number of nitrogens with zero attached hydrogens (tertiary/aromatic N) is 2. The minimum atomic E-state index is -1.26. The first kappa shape index (κ1) is 22.4. The molecule has 33 heavy (non-hydrogen) atoms. The molecule has 1 aliphatic rings. The van der Waals surface area contributed by atoms with Gasteiger partial charge in [-0.1, -0.05) is 48.5 Å². The number of amides is 1. The second-order valence-electron chi connectivity index (χ2n) is 7.80. The van der Waals surface area contributed by atoms with Crippen LogP contribution in [0.25, 0.3) is 11.1 Å². The molecule has 1 aliphatic carbocycles. The summed E-state index contributed by atoms with van der Waals surface area (Å²) in [5.74, 6) is -1.88. The third kappa shape index (κ3) is 4.85. The van der Waals surface area contributed by atoms with Crippen molar-refractivity contribution in [3.63, 3.8) is 0 Å². The van der Waals surface area contributed by atoms with Crippen molar-refractivity contribution in [2.45, 2.75) is 18.6 Å². The van der Waals surface area contributed by atoms with Crippen LogP contribution >= 0.6 is 0 Å². The maximum absolute atomic E-state index is 13.2. The maximum Gasteiger partial charge on any atom is 0.410 e. The molecule has 0 saturated heterocycles. The van der Waals surface area contributed by atoms with Crippen LogP contribution < -0.4 is 0 Å². The number of carbonyl (C=O) groups is 2. The molecule has 1 atom stereocenters. The molecular formula is C25H23FN2O5. The highest BCUT2D eigenvalue weighted by Crippen LogP contribution is 2.44. The van der Waals surface area contributed by atoms with Crippen LogP contribution in [-0.2, 0) is 20.9 Å². The molecule has 4 rings (SSSR count). The van der Waals surface area contributed by atoms with Crippen molar-refractivity contribution in [3.8, 4) is 11.1 Å². The number of benzene rings is 2. The number of carbonyl (C=O) groups excluding carboxylic acids is 1. The fourth-order valence-electron chi connectivity index (χ4n) is 4.00. The molecule has 1 heterocycles. The Kier molecular flexibility index (Phi) is 6.65. The molecule has 8 heteroatoms. The van der Waals surface area contributed by atoms with Gasteiger partial charge in [-0.15, -0.1) is 0 Å². The topological polar surface area (TPSA) is 89.0 Å². The Hall–Kier alpha value is -3.78. The maximum atomic E-state index is 13.2. The van der Waals surface area contributed by atoms with E-state index in [-0.39, 0.29) is 25.7 Å². The van der Waals surface area contributed by atoms with Crippen molar-refractivity contribution in [1.29, 1.82) is 0 Å². The van der Waals surface area contributed by atoms with Gasteiger partial charge in [-0.2, -0.15) is 0 Å². The predicted octanol–water partition coefficient (Wildman–Crippen LogP) is 4.07. The molecule has 0 aliphatic heterocycles. The quantitative estimate of drug-likeness (QED) is 0.557. The number of fused-ring (bicyclic) bond motifs is 3. The molecule has 7 nitrogen and oxygen atoms in total. The fourth-order valence-corrected chi connectivity index (χ4v) is 4.00. The van der Waals surface area contributed by atoms with Gasteiger partial charge in [-0.05, 0) is 33.9 Å². The Morgan fingerprint density at radius 2 is 1.73 bits per heavy atom. The average Bonchev–Trinajstić information content (AvgIpc) is 3.13. The summed E-state index contributed by atoms with van der Waals surface area (Å²) in [6, 6.07) is 15.9.